The molecule has 1 saturated carbocycles. The summed E-state index contributed by atoms with van der Waals surface area (Å²) in [6.45, 7) is -0.155. The first kappa shape index (κ1) is 24.2. The molecule has 182 valence electrons. The number of aliphatic carboxylic acids is 1. The van der Waals surface area contributed by atoms with E-state index in [9.17, 15) is 18.3 Å². The van der Waals surface area contributed by atoms with Gasteiger partial charge in [-0.1, -0.05) is 72.3 Å². The third-order valence-corrected chi connectivity index (χ3v) is 8.76. The van der Waals surface area contributed by atoms with Gasteiger partial charge in [-0.2, -0.15) is 4.31 Å². The number of benzene rings is 3. The Morgan fingerprint density at radius 2 is 1.53 bits per heavy atom. The summed E-state index contributed by atoms with van der Waals surface area (Å²) in [5.74, 6) is -1.64. The molecule has 3 aromatic carbocycles. The van der Waals surface area contributed by atoms with Gasteiger partial charge in [-0.05, 0) is 59.5 Å². The predicted octanol–water partition coefficient (Wildman–Crippen LogP) is 5.60. The molecule has 6 nitrogen and oxygen atoms in total. The first-order valence-electron chi connectivity index (χ1n) is 11.4. The monoisotopic (exact) mass is 518 g/mol. The molecule has 2 atom stereocenters. The molecule has 1 aliphatic rings. The van der Waals surface area contributed by atoms with E-state index in [2.05, 4.69) is 4.98 Å². The summed E-state index contributed by atoms with van der Waals surface area (Å²) in [7, 11) is -4.19. The molecule has 1 N–H and O–H groups in total. The van der Waals surface area contributed by atoms with Crippen LogP contribution >= 0.6 is 11.6 Å². The number of halogens is 1. The van der Waals surface area contributed by atoms with E-state index in [0.717, 1.165) is 21.0 Å². The Morgan fingerprint density at radius 3 is 2.11 bits per heavy atom. The fourth-order valence-electron chi connectivity index (χ4n) is 4.62. The van der Waals surface area contributed by atoms with Gasteiger partial charge in [0.2, 0.25) is 10.0 Å². The van der Waals surface area contributed by atoms with Gasteiger partial charge in [0.05, 0.1) is 17.1 Å². The largest absolute Gasteiger partial charge is 0.480 e. The maximum atomic E-state index is 14.0. The smallest absolute Gasteiger partial charge is 0.325 e. The third kappa shape index (κ3) is 4.41. The average Bonchev–Trinajstić information content (AvgIpc) is 3.66. The lowest BCUT2D eigenvalue weighted by atomic mass is 10.1. The summed E-state index contributed by atoms with van der Waals surface area (Å²) in [5, 5.41) is 11.0. The average molecular weight is 519 g/mol. The predicted molar refractivity (Wildman–Crippen MR) is 138 cm³/mol. The molecule has 5 rings (SSSR count). The van der Waals surface area contributed by atoms with Crippen LogP contribution in [0.15, 0.2) is 108 Å². The molecule has 0 bridgehead atoms. The summed E-state index contributed by atoms with van der Waals surface area (Å²) in [4.78, 5) is 17.0. The highest BCUT2D eigenvalue weighted by atomic mass is 35.5. The number of rotatable bonds is 8. The van der Waals surface area contributed by atoms with Crippen LogP contribution in [-0.4, -0.2) is 34.3 Å². The lowest BCUT2D eigenvalue weighted by Gasteiger charge is -2.29. The van der Waals surface area contributed by atoms with Gasteiger partial charge in [-0.3, -0.25) is 9.78 Å². The van der Waals surface area contributed by atoms with Crippen LogP contribution in [0.3, 0.4) is 0 Å². The minimum absolute atomic E-state index is 0.0236. The molecular weight excluding hydrogens is 496 g/mol. The van der Waals surface area contributed by atoms with Crippen molar-refractivity contribution < 1.29 is 18.3 Å². The van der Waals surface area contributed by atoms with Crippen LogP contribution in [0.4, 0.5) is 0 Å². The lowest BCUT2D eigenvalue weighted by molar-refractivity contribution is -0.143. The van der Waals surface area contributed by atoms with E-state index >= 15 is 0 Å². The number of nitrogens with zero attached hydrogens (tertiary/aromatic N) is 2. The zero-order chi connectivity index (χ0) is 25.3. The Bertz CT molecular complexity index is 1480. The zero-order valence-electron chi connectivity index (χ0n) is 19.2. The highest BCUT2D eigenvalue weighted by Crippen LogP contribution is 2.57. The van der Waals surface area contributed by atoms with E-state index in [1.807, 2.05) is 42.5 Å². The highest BCUT2D eigenvalue weighted by molar-refractivity contribution is 7.89. The minimum Gasteiger partial charge on any atom is -0.480 e. The molecule has 0 aliphatic heterocycles. The van der Waals surface area contributed by atoms with Crippen LogP contribution in [0.2, 0.25) is 5.02 Å². The standard InChI is InChI=1S/C28H23ClN2O4S/c29-23-13-9-20(10-14-23)21-11-15-25(16-12-21)36(34,35)31(19-24-8-4-5-17-30-24)28(27(32)33)18-26(28)22-6-2-1-3-7-22/h1-17,26H,18-19H2,(H,32,33). The summed E-state index contributed by atoms with van der Waals surface area (Å²) in [6, 6.07) is 28.0. The molecule has 4 aromatic rings. The van der Waals surface area contributed by atoms with Gasteiger partial charge < -0.3 is 5.11 Å². The van der Waals surface area contributed by atoms with Gasteiger partial charge >= 0.3 is 5.97 Å². The summed E-state index contributed by atoms with van der Waals surface area (Å²) >= 11 is 5.98. The number of carboxylic acid groups (broad SMARTS) is 1. The van der Waals surface area contributed by atoms with Crippen molar-refractivity contribution in [2.45, 2.75) is 29.3 Å². The number of carboxylic acids is 1. The Morgan fingerprint density at radius 1 is 0.917 bits per heavy atom. The van der Waals surface area contributed by atoms with E-state index in [-0.39, 0.29) is 17.9 Å². The van der Waals surface area contributed by atoms with Crippen molar-refractivity contribution in [2.75, 3.05) is 0 Å². The first-order valence-corrected chi connectivity index (χ1v) is 13.2. The van der Waals surface area contributed by atoms with Gasteiger partial charge in [0.15, 0.2) is 0 Å². The molecule has 36 heavy (non-hydrogen) atoms. The van der Waals surface area contributed by atoms with Crippen LogP contribution in [0.1, 0.15) is 23.6 Å². The van der Waals surface area contributed by atoms with Crippen LogP contribution in [0.5, 0.6) is 0 Å². The van der Waals surface area contributed by atoms with E-state index in [4.69, 9.17) is 11.6 Å². The molecular formula is C28H23ClN2O4S. The SMILES string of the molecule is O=C(O)C1(N(Cc2ccccn2)S(=O)(=O)c2ccc(-c3ccc(Cl)cc3)cc2)CC1c1ccccc1. The zero-order valence-corrected chi connectivity index (χ0v) is 20.7. The van der Waals surface area contributed by atoms with Crippen molar-refractivity contribution >= 4 is 27.6 Å². The van der Waals surface area contributed by atoms with E-state index in [0.29, 0.717) is 10.7 Å². The number of sulfonamides is 1. The van der Waals surface area contributed by atoms with Crippen LogP contribution in [-0.2, 0) is 21.4 Å². The Labute approximate surface area is 214 Å². The quantitative estimate of drug-likeness (QED) is 0.328. The molecule has 0 radical (unpaired) electrons. The summed E-state index contributed by atoms with van der Waals surface area (Å²) in [5.41, 5.74) is 1.37. The Kier molecular flexibility index (Phi) is 6.38. The van der Waals surface area contributed by atoms with E-state index in [1.165, 1.54) is 12.1 Å². The molecule has 1 aliphatic carbocycles. The third-order valence-electron chi connectivity index (χ3n) is 6.60. The van der Waals surface area contributed by atoms with Crippen molar-refractivity contribution in [3.8, 4) is 11.1 Å². The number of hydrogen-bond acceptors (Lipinski definition) is 4. The number of hydrogen-bond donors (Lipinski definition) is 1. The number of pyridine rings is 1. The van der Waals surface area contributed by atoms with Gasteiger partial charge in [0.25, 0.3) is 0 Å². The minimum atomic E-state index is -4.19. The highest BCUT2D eigenvalue weighted by Gasteiger charge is 2.68. The fourth-order valence-corrected chi connectivity index (χ4v) is 6.49. The molecule has 1 fully saturated rings. The van der Waals surface area contributed by atoms with E-state index < -0.39 is 27.4 Å². The maximum absolute atomic E-state index is 14.0. The fraction of sp³-hybridized carbons (Fsp3) is 0.143. The molecule has 0 amide bonds. The van der Waals surface area contributed by atoms with Crippen molar-refractivity contribution in [1.82, 2.24) is 9.29 Å². The molecule has 0 saturated heterocycles. The molecule has 0 spiro atoms. The van der Waals surface area contributed by atoms with E-state index in [1.54, 1.807) is 48.7 Å². The Hall–Kier alpha value is -3.52. The van der Waals surface area contributed by atoms with Crippen molar-refractivity contribution in [2.24, 2.45) is 0 Å². The number of carbonyl (C=O) groups is 1. The van der Waals surface area contributed by atoms with Crippen molar-refractivity contribution in [3.05, 3.63) is 120 Å². The molecule has 1 aromatic heterocycles. The van der Waals surface area contributed by atoms with Crippen LogP contribution in [0.25, 0.3) is 11.1 Å². The second-order valence-electron chi connectivity index (χ2n) is 8.76. The van der Waals surface area contributed by atoms with Crippen LogP contribution in [0, 0.1) is 0 Å². The Balaban J connectivity index is 1.56. The second-order valence-corrected chi connectivity index (χ2v) is 11.1. The molecule has 2 unspecified atom stereocenters. The van der Waals surface area contributed by atoms with Crippen LogP contribution < -0.4 is 0 Å². The number of aromatic nitrogens is 1. The summed E-state index contributed by atoms with van der Waals surface area (Å²) in [6.07, 6.45) is 1.75. The second kappa shape index (κ2) is 9.50. The topological polar surface area (TPSA) is 87.6 Å². The lowest BCUT2D eigenvalue weighted by Crippen LogP contribution is -2.48. The normalized spacial score (nSPS) is 19.2. The van der Waals surface area contributed by atoms with Gasteiger partial charge in [-0.15, -0.1) is 0 Å². The summed E-state index contributed by atoms with van der Waals surface area (Å²) < 4.78 is 29.1. The van der Waals surface area contributed by atoms with Crippen molar-refractivity contribution in [3.63, 3.8) is 0 Å². The van der Waals surface area contributed by atoms with Gasteiger partial charge in [0.1, 0.15) is 5.54 Å². The molecule has 8 heteroatoms. The van der Waals surface area contributed by atoms with Crippen molar-refractivity contribution in [1.29, 1.82) is 0 Å². The maximum Gasteiger partial charge on any atom is 0.325 e. The van der Waals surface area contributed by atoms with Gasteiger partial charge in [0, 0.05) is 17.1 Å². The molecule has 1 heterocycles. The first-order chi connectivity index (χ1) is 17.3. The van der Waals surface area contributed by atoms with Gasteiger partial charge in [-0.25, -0.2) is 8.42 Å².